The third-order valence-corrected chi connectivity index (χ3v) is 5.67. The van der Waals surface area contributed by atoms with Gasteiger partial charge in [0.15, 0.2) is 11.5 Å². The Hall–Kier alpha value is -3.58. The number of fused-ring (bicyclic) bond motifs is 1. The summed E-state index contributed by atoms with van der Waals surface area (Å²) in [5, 5.41) is 21.2. The minimum Gasteiger partial charge on any atom is -0.508 e. The van der Waals surface area contributed by atoms with Gasteiger partial charge in [0.1, 0.15) is 5.75 Å². The summed E-state index contributed by atoms with van der Waals surface area (Å²) in [5.74, 6) is 1.57. The second kappa shape index (κ2) is 8.65. The molecule has 0 bridgehead atoms. The van der Waals surface area contributed by atoms with E-state index < -0.39 is 0 Å². The van der Waals surface area contributed by atoms with Gasteiger partial charge in [-0.15, -0.1) is 0 Å². The van der Waals surface area contributed by atoms with Crippen LogP contribution in [0.5, 0.6) is 17.2 Å². The Morgan fingerprint density at radius 2 is 1.61 bits per heavy atom. The van der Waals surface area contributed by atoms with Crippen LogP contribution >= 0.6 is 0 Å². The van der Waals surface area contributed by atoms with Crippen LogP contribution < -0.4 is 9.47 Å². The van der Waals surface area contributed by atoms with Crippen LogP contribution in [0.25, 0.3) is 11.1 Å². The zero-order valence-corrected chi connectivity index (χ0v) is 17.5. The summed E-state index contributed by atoms with van der Waals surface area (Å²) < 4.78 is 10.8. The van der Waals surface area contributed by atoms with Crippen LogP contribution in [-0.2, 0) is 19.5 Å². The molecule has 0 aliphatic carbocycles. The molecule has 0 saturated heterocycles. The summed E-state index contributed by atoms with van der Waals surface area (Å²) in [6.07, 6.45) is 0.842. The van der Waals surface area contributed by atoms with Crippen LogP contribution in [0, 0.1) is 10.1 Å². The van der Waals surface area contributed by atoms with E-state index in [2.05, 4.69) is 4.90 Å². The van der Waals surface area contributed by atoms with Gasteiger partial charge in [0.2, 0.25) is 0 Å². The Kier molecular flexibility index (Phi) is 5.77. The first-order valence-electron chi connectivity index (χ1n) is 10.0. The molecule has 3 aromatic carbocycles. The number of nitro benzene ring substituents is 1. The lowest BCUT2D eigenvalue weighted by Gasteiger charge is -2.29. The van der Waals surface area contributed by atoms with Crippen molar-refractivity contribution in [3.05, 3.63) is 81.4 Å². The number of nitro groups is 1. The molecular formula is C24H24N2O5. The number of nitrogens with zero attached hydrogens (tertiary/aromatic N) is 2. The average Bonchev–Trinajstić information content (AvgIpc) is 2.78. The lowest BCUT2D eigenvalue weighted by molar-refractivity contribution is -0.385. The van der Waals surface area contributed by atoms with Crippen molar-refractivity contribution in [2.75, 3.05) is 20.8 Å². The number of hydrogen-bond donors (Lipinski definition) is 1. The predicted molar refractivity (Wildman–Crippen MR) is 118 cm³/mol. The molecule has 0 saturated carbocycles. The van der Waals surface area contributed by atoms with Crippen LogP contribution in [-0.4, -0.2) is 35.7 Å². The normalized spacial score (nSPS) is 13.5. The molecule has 0 unspecified atom stereocenters. The molecule has 4 rings (SSSR count). The van der Waals surface area contributed by atoms with Crippen molar-refractivity contribution in [3.63, 3.8) is 0 Å². The molecule has 0 radical (unpaired) electrons. The second-order valence-corrected chi connectivity index (χ2v) is 7.58. The van der Waals surface area contributed by atoms with E-state index in [1.165, 1.54) is 5.56 Å². The van der Waals surface area contributed by atoms with Gasteiger partial charge in [-0.2, -0.15) is 0 Å². The largest absolute Gasteiger partial charge is 0.508 e. The van der Waals surface area contributed by atoms with Crippen molar-refractivity contribution >= 4 is 5.69 Å². The summed E-state index contributed by atoms with van der Waals surface area (Å²) in [5.41, 5.74) is 4.70. The molecule has 1 aliphatic heterocycles. The topological polar surface area (TPSA) is 85.1 Å². The van der Waals surface area contributed by atoms with Gasteiger partial charge in [-0.3, -0.25) is 15.0 Å². The van der Waals surface area contributed by atoms with Crippen LogP contribution in [0.3, 0.4) is 0 Å². The molecule has 1 heterocycles. The van der Waals surface area contributed by atoms with Crippen molar-refractivity contribution < 1.29 is 19.5 Å². The fourth-order valence-corrected chi connectivity index (χ4v) is 4.02. The van der Waals surface area contributed by atoms with Crippen molar-refractivity contribution in [2.24, 2.45) is 0 Å². The fourth-order valence-electron chi connectivity index (χ4n) is 4.02. The maximum atomic E-state index is 11.8. The second-order valence-electron chi connectivity index (χ2n) is 7.58. The highest BCUT2D eigenvalue weighted by Gasteiger charge is 2.23. The molecule has 160 valence electrons. The van der Waals surface area contributed by atoms with E-state index in [1.54, 1.807) is 44.6 Å². The van der Waals surface area contributed by atoms with Crippen LogP contribution in [0.2, 0.25) is 0 Å². The van der Waals surface area contributed by atoms with E-state index in [0.717, 1.165) is 35.4 Å². The summed E-state index contributed by atoms with van der Waals surface area (Å²) in [6.45, 7) is 1.98. The lowest BCUT2D eigenvalue weighted by atomic mass is 9.97. The number of rotatable bonds is 6. The van der Waals surface area contributed by atoms with Crippen molar-refractivity contribution in [3.8, 4) is 28.4 Å². The SMILES string of the molecule is COc1cc2c(cc1OC)CN(Cc1ccc(-c3ccc(O)cc3)cc1[N+](=O)[O-])CC2. The zero-order valence-electron chi connectivity index (χ0n) is 17.5. The Balaban J connectivity index is 1.58. The first-order valence-corrected chi connectivity index (χ1v) is 10.0. The molecule has 3 aromatic rings. The van der Waals surface area contributed by atoms with Crippen molar-refractivity contribution in [1.29, 1.82) is 0 Å². The third kappa shape index (κ3) is 4.32. The average molecular weight is 420 g/mol. The molecular weight excluding hydrogens is 396 g/mol. The molecule has 1 aliphatic rings. The number of phenolic OH excluding ortho intramolecular Hbond substituents is 1. The van der Waals surface area contributed by atoms with Gasteiger partial charge in [0.25, 0.3) is 5.69 Å². The van der Waals surface area contributed by atoms with Gasteiger partial charge in [-0.1, -0.05) is 24.3 Å². The molecule has 31 heavy (non-hydrogen) atoms. The van der Waals surface area contributed by atoms with E-state index in [-0.39, 0.29) is 16.4 Å². The number of phenols is 1. The van der Waals surface area contributed by atoms with E-state index in [4.69, 9.17) is 9.47 Å². The Bertz CT molecular complexity index is 1110. The van der Waals surface area contributed by atoms with Crippen molar-refractivity contribution in [1.82, 2.24) is 4.90 Å². The highest BCUT2D eigenvalue weighted by Crippen LogP contribution is 2.34. The first-order chi connectivity index (χ1) is 15.0. The molecule has 0 spiro atoms. The molecule has 7 nitrogen and oxygen atoms in total. The van der Waals surface area contributed by atoms with E-state index >= 15 is 0 Å². The maximum Gasteiger partial charge on any atom is 0.274 e. The van der Waals surface area contributed by atoms with Crippen LogP contribution in [0.15, 0.2) is 54.6 Å². The molecule has 1 N–H and O–H groups in total. The smallest absolute Gasteiger partial charge is 0.274 e. The van der Waals surface area contributed by atoms with E-state index in [9.17, 15) is 15.2 Å². The minimum absolute atomic E-state index is 0.101. The van der Waals surface area contributed by atoms with Gasteiger partial charge in [-0.25, -0.2) is 0 Å². The highest BCUT2D eigenvalue weighted by molar-refractivity contribution is 5.68. The molecule has 0 fully saturated rings. The zero-order chi connectivity index (χ0) is 22.0. The number of benzene rings is 3. The monoisotopic (exact) mass is 420 g/mol. The third-order valence-electron chi connectivity index (χ3n) is 5.67. The van der Waals surface area contributed by atoms with E-state index in [1.807, 2.05) is 24.3 Å². The van der Waals surface area contributed by atoms with Gasteiger partial charge in [-0.05, 0) is 52.9 Å². The summed E-state index contributed by atoms with van der Waals surface area (Å²) >= 11 is 0. The maximum absolute atomic E-state index is 11.8. The summed E-state index contributed by atoms with van der Waals surface area (Å²) in [7, 11) is 3.24. The van der Waals surface area contributed by atoms with Crippen molar-refractivity contribution in [2.45, 2.75) is 19.5 Å². The lowest BCUT2D eigenvalue weighted by Crippen LogP contribution is -2.30. The molecule has 0 amide bonds. The Morgan fingerprint density at radius 3 is 2.26 bits per heavy atom. The quantitative estimate of drug-likeness (QED) is 0.465. The van der Waals surface area contributed by atoms with Gasteiger partial charge >= 0.3 is 0 Å². The number of hydrogen-bond acceptors (Lipinski definition) is 6. The highest BCUT2D eigenvalue weighted by atomic mass is 16.6. The van der Waals surface area contributed by atoms with E-state index in [0.29, 0.717) is 24.4 Å². The summed E-state index contributed by atoms with van der Waals surface area (Å²) in [6, 6.07) is 16.0. The van der Waals surface area contributed by atoms with Crippen LogP contribution in [0.4, 0.5) is 5.69 Å². The number of ether oxygens (including phenoxy) is 2. The number of aromatic hydroxyl groups is 1. The predicted octanol–water partition coefficient (Wildman–Crippen LogP) is 4.54. The molecule has 0 atom stereocenters. The van der Waals surface area contributed by atoms with Gasteiger partial charge in [0, 0.05) is 31.3 Å². The summed E-state index contributed by atoms with van der Waals surface area (Å²) in [4.78, 5) is 13.6. The minimum atomic E-state index is -0.328. The molecule has 0 aromatic heterocycles. The van der Waals surface area contributed by atoms with Gasteiger partial charge < -0.3 is 14.6 Å². The first kappa shape index (κ1) is 20.7. The Labute approximate surface area is 180 Å². The standard InChI is InChI=1S/C24H24N2O5/c1-30-23-12-18-9-10-25(15-20(18)13-24(23)31-2)14-19-4-3-17(11-22(19)26(28)29)16-5-7-21(27)8-6-16/h3-8,11-13,27H,9-10,14-15H2,1-2H3. The molecule has 7 heteroatoms. The Morgan fingerprint density at radius 1 is 0.968 bits per heavy atom. The van der Waals surface area contributed by atoms with Crippen LogP contribution in [0.1, 0.15) is 16.7 Å². The number of methoxy groups -OCH3 is 2. The fraction of sp³-hybridized carbons (Fsp3) is 0.250. The van der Waals surface area contributed by atoms with Gasteiger partial charge in [0.05, 0.1) is 19.1 Å².